The topological polar surface area (TPSA) is 68.1 Å². The maximum absolute atomic E-state index is 12.8. The summed E-state index contributed by atoms with van der Waals surface area (Å²) in [5.41, 5.74) is 1.97. The molecule has 2 atom stereocenters. The van der Waals surface area contributed by atoms with Gasteiger partial charge in [-0.25, -0.2) is 9.69 Å². The Morgan fingerprint density at radius 3 is 2.38 bits per heavy atom. The smallest absolute Gasteiger partial charge is 0.337 e. The van der Waals surface area contributed by atoms with Gasteiger partial charge in [0.25, 0.3) is 5.91 Å². The third-order valence-corrected chi connectivity index (χ3v) is 4.61. The Hall–Kier alpha value is -2.99. The van der Waals surface area contributed by atoms with Gasteiger partial charge in [-0.1, -0.05) is 30.3 Å². The number of carbonyl (C=O) groups is 3. The molecule has 6 nitrogen and oxygen atoms in total. The molecule has 1 heterocycles. The summed E-state index contributed by atoms with van der Waals surface area (Å²) in [5, 5.41) is 0. The summed E-state index contributed by atoms with van der Waals surface area (Å²) in [5.74, 6) is -0.895. The third-order valence-electron chi connectivity index (χ3n) is 4.61. The number of nitrogens with one attached hydrogen (secondary N) is 1. The highest BCUT2D eigenvalue weighted by molar-refractivity contribution is 6.21. The van der Waals surface area contributed by atoms with Gasteiger partial charge in [-0.2, -0.15) is 0 Å². The summed E-state index contributed by atoms with van der Waals surface area (Å²) < 4.78 is 4.66. The largest absolute Gasteiger partial charge is 0.465 e. The molecule has 0 bridgehead atoms. The number of imide groups is 1. The predicted molar refractivity (Wildman–Crippen MR) is 95.7 cm³/mol. The normalized spacial score (nSPS) is 18.1. The van der Waals surface area contributed by atoms with Gasteiger partial charge in [0.15, 0.2) is 6.04 Å². The molecule has 26 heavy (non-hydrogen) atoms. The van der Waals surface area contributed by atoms with Crippen LogP contribution in [0.25, 0.3) is 0 Å². The lowest BCUT2D eigenvalue weighted by atomic mass is 10.1. The molecule has 1 saturated heterocycles. The second-order valence-electron chi connectivity index (χ2n) is 6.37. The summed E-state index contributed by atoms with van der Waals surface area (Å²) in [6.07, 6.45) is 0.177. The highest BCUT2D eigenvalue weighted by Crippen LogP contribution is 2.22. The summed E-state index contributed by atoms with van der Waals surface area (Å²) in [4.78, 5) is 38.9. The van der Waals surface area contributed by atoms with Crippen LogP contribution in [0.4, 0.5) is 5.69 Å². The second-order valence-corrected chi connectivity index (χ2v) is 6.37. The molecular weight excluding hydrogens is 332 g/mol. The number of nitrogens with zero attached hydrogens (tertiary/aromatic N) is 1. The first-order valence-electron chi connectivity index (χ1n) is 8.42. The van der Waals surface area contributed by atoms with Crippen molar-refractivity contribution in [3.63, 3.8) is 0 Å². The van der Waals surface area contributed by atoms with Crippen molar-refractivity contribution in [2.45, 2.75) is 19.0 Å². The van der Waals surface area contributed by atoms with Crippen LogP contribution in [0.3, 0.4) is 0 Å². The lowest BCUT2D eigenvalue weighted by Crippen LogP contribution is -3.12. The van der Waals surface area contributed by atoms with Crippen molar-refractivity contribution in [1.82, 2.24) is 0 Å². The van der Waals surface area contributed by atoms with Crippen LogP contribution in [0.15, 0.2) is 54.6 Å². The van der Waals surface area contributed by atoms with E-state index in [2.05, 4.69) is 4.74 Å². The highest BCUT2D eigenvalue weighted by atomic mass is 16.5. The minimum Gasteiger partial charge on any atom is -0.465 e. The number of amides is 2. The third kappa shape index (κ3) is 3.50. The lowest BCUT2D eigenvalue weighted by molar-refractivity contribution is -0.908. The van der Waals surface area contributed by atoms with Crippen LogP contribution in [-0.4, -0.2) is 38.0 Å². The number of carbonyl (C=O) groups excluding carboxylic acids is 3. The van der Waals surface area contributed by atoms with Crippen molar-refractivity contribution >= 4 is 23.5 Å². The zero-order valence-electron chi connectivity index (χ0n) is 14.8. The summed E-state index contributed by atoms with van der Waals surface area (Å²) in [7, 11) is 3.23. The van der Waals surface area contributed by atoms with Crippen LogP contribution in [0, 0.1) is 0 Å². The number of anilines is 1. The maximum atomic E-state index is 12.8. The highest BCUT2D eigenvalue weighted by Gasteiger charge is 2.44. The number of benzene rings is 2. The predicted octanol–water partition coefficient (Wildman–Crippen LogP) is 0.820. The van der Waals surface area contributed by atoms with E-state index in [0.29, 0.717) is 17.8 Å². The zero-order valence-corrected chi connectivity index (χ0v) is 14.8. The monoisotopic (exact) mass is 353 g/mol. The molecule has 2 amide bonds. The van der Waals surface area contributed by atoms with Crippen LogP contribution in [0.1, 0.15) is 22.3 Å². The van der Waals surface area contributed by atoms with Gasteiger partial charge in [-0.3, -0.25) is 9.59 Å². The fourth-order valence-corrected chi connectivity index (χ4v) is 3.19. The molecule has 0 radical (unpaired) electrons. The van der Waals surface area contributed by atoms with E-state index in [9.17, 15) is 14.4 Å². The van der Waals surface area contributed by atoms with Gasteiger partial charge in [0.1, 0.15) is 6.54 Å². The molecule has 1 aliphatic rings. The standard InChI is InChI=1S/C20H20N2O4/c1-21(13-14-6-4-3-5-7-14)17-12-18(23)22(19(17)24)16-10-8-15(9-11-16)20(25)26-2/h3-11,17H,12-13H2,1-2H3/p+1/t17-/m0/s1. The first-order valence-corrected chi connectivity index (χ1v) is 8.42. The average molecular weight is 353 g/mol. The number of hydrogen-bond acceptors (Lipinski definition) is 4. The van der Waals surface area contributed by atoms with E-state index in [1.54, 1.807) is 24.3 Å². The van der Waals surface area contributed by atoms with E-state index < -0.39 is 12.0 Å². The second kappa shape index (κ2) is 7.49. The van der Waals surface area contributed by atoms with Gasteiger partial charge >= 0.3 is 5.97 Å². The van der Waals surface area contributed by atoms with Gasteiger partial charge in [0.05, 0.1) is 31.8 Å². The average Bonchev–Trinajstić information content (AvgIpc) is 2.96. The van der Waals surface area contributed by atoms with Gasteiger partial charge in [-0.05, 0) is 24.3 Å². The molecule has 134 valence electrons. The van der Waals surface area contributed by atoms with E-state index >= 15 is 0 Å². The number of quaternary nitrogens is 1. The van der Waals surface area contributed by atoms with E-state index in [4.69, 9.17) is 0 Å². The van der Waals surface area contributed by atoms with Crippen molar-refractivity contribution < 1.29 is 24.0 Å². The molecule has 6 heteroatoms. The fraction of sp³-hybridized carbons (Fsp3) is 0.250. The SMILES string of the molecule is COC(=O)c1ccc(N2C(=O)C[C@H]([NH+](C)Cc3ccccc3)C2=O)cc1. The first kappa shape index (κ1) is 17.8. The van der Waals surface area contributed by atoms with Crippen LogP contribution >= 0.6 is 0 Å². The first-order chi connectivity index (χ1) is 12.5. The van der Waals surface area contributed by atoms with Crippen molar-refractivity contribution in [3.8, 4) is 0 Å². The van der Waals surface area contributed by atoms with E-state index in [0.717, 1.165) is 10.5 Å². The number of hydrogen-bond donors (Lipinski definition) is 1. The van der Waals surface area contributed by atoms with E-state index in [1.165, 1.54) is 12.0 Å². The number of ether oxygens (including phenoxy) is 1. The van der Waals surface area contributed by atoms with Crippen LogP contribution in [0.5, 0.6) is 0 Å². The minimum atomic E-state index is -0.458. The van der Waals surface area contributed by atoms with E-state index in [1.807, 2.05) is 37.4 Å². The Morgan fingerprint density at radius 2 is 1.77 bits per heavy atom. The molecular formula is C20H21N2O4+. The maximum Gasteiger partial charge on any atom is 0.337 e. The van der Waals surface area contributed by atoms with Crippen molar-refractivity contribution in [3.05, 3.63) is 65.7 Å². The van der Waals surface area contributed by atoms with Gasteiger partial charge < -0.3 is 9.64 Å². The Morgan fingerprint density at radius 1 is 1.12 bits per heavy atom. The molecule has 0 saturated carbocycles. The molecule has 0 aliphatic carbocycles. The molecule has 1 fully saturated rings. The molecule has 0 aromatic heterocycles. The molecule has 1 aliphatic heterocycles. The Kier molecular flexibility index (Phi) is 5.14. The van der Waals surface area contributed by atoms with Crippen molar-refractivity contribution in [1.29, 1.82) is 0 Å². The van der Waals surface area contributed by atoms with Crippen LogP contribution in [0.2, 0.25) is 0 Å². The van der Waals surface area contributed by atoms with E-state index in [-0.39, 0.29) is 18.2 Å². The number of esters is 1. The van der Waals surface area contributed by atoms with Crippen molar-refractivity contribution in [2.75, 3.05) is 19.1 Å². The van der Waals surface area contributed by atoms with Gasteiger partial charge in [0, 0.05) is 5.56 Å². The Labute approximate surface area is 152 Å². The number of rotatable bonds is 5. The van der Waals surface area contributed by atoms with Crippen molar-refractivity contribution in [2.24, 2.45) is 0 Å². The molecule has 1 unspecified atom stereocenters. The lowest BCUT2D eigenvalue weighted by Gasteiger charge is -2.20. The van der Waals surface area contributed by atoms with Gasteiger partial charge in [-0.15, -0.1) is 0 Å². The summed E-state index contributed by atoms with van der Waals surface area (Å²) in [6, 6.07) is 15.8. The van der Waals surface area contributed by atoms with Crippen LogP contribution in [-0.2, 0) is 20.9 Å². The Balaban J connectivity index is 1.75. The van der Waals surface area contributed by atoms with Gasteiger partial charge in [0.2, 0.25) is 5.91 Å². The number of methoxy groups -OCH3 is 1. The molecule has 2 aromatic rings. The number of likely N-dealkylation sites (N-methyl/N-ethyl adjacent to an activating group) is 1. The van der Waals surface area contributed by atoms with Crippen LogP contribution < -0.4 is 9.80 Å². The molecule has 1 N–H and O–H groups in total. The summed E-state index contributed by atoms with van der Waals surface area (Å²) >= 11 is 0. The zero-order chi connectivity index (χ0) is 18.7. The quantitative estimate of drug-likeness (QED) is 0.638. The molecule has 3 rings (SSSR count). The molecule has 2 aromatic carbocycles. The Bertz CT molecular complexity index is 817. The fourth-order valence-electron chi connectivity index (χ4n) is 3.19. The summed E-state index contributed by atoms with van der Waals surface area (Å²) in [6.45, 7) is 0.666. The molecule has 0 spiro atoms. The minimum absolute atomic E-state index is 0.177.